The molecule has 8 aromatic rings. The van der Waals surface area contributed by atoms with Crippen molar-refractivity contribution in [3.05, 3.63) is 180 Å². The molecule has 0 bridgehead atoms. The zero-order chi connectivity index (χ0) is 31.2. The van der Waals surface area contributed by atoms with Gasteiger partial charge < -0.3 is 9.73 Å². The summed E-state index contributed by atoms with van der Waals surface area (Å²) in [6, 6.07) is 56.9. The predicted octanol–water partition coefficient (Wildman–Crippen LogP) is 10.6. The first-order valence-electron chi connectivity index (χ1n) is 15.9. The molecule has 0 fully saturated rings. The van der Waals surface area contributed by atoms with E-state index >= 15 is 0 Å². The highest BCUT2D eigenvalue weighted by atomic mass is 16.3. The normalized spacial score (nSPS) is 14.6. The summed E-state index contributed by atoms with van der Waals surface area (Å²) in [5.41, 5.74) is 9.39. The Hall–Kier alpha value is -6.26. The van der Waals surface area contributed by atoms with Gasteiger partial charge in [0.15, 0.2) is 5.84 Å². The lowest BCUT2D eigenvalue weighted by Gasteiger charge is -2.25. The fourth-order valence-corrected chi connectivity index (χ4v) is 6.73. The average Bonchev–Trinajstić information content (AvgIpc) is 3.54. The number of amidine groups is 2. The third kappa shape index (κ3) is 4.79. The zero-order valence-corrected chi connectivity index (χ0v) is 25.5. The number of rotatable bonds is 5. The topological polar surface area (TPSA) is 49.9 Å². The van der Waals surface area contributed by atoms with Crippen molar-refractivity contribution in [2.24, 2.45) is 9.98 Å². The van der Waals surface area contributed by atoms with E-state index in [4.69, 9.17) is 14.4 Å². The highest BCUT2D eigenvalue weighted by Crippen LogP contribution is 2.37. The first-order valence-corrected chi connectivity index (χ1v) is 15.9. The van der Waals surface area contributed by atoms with Gasteiger partial charge in [-0.05, 0) is 56.8 Å². The maximum atomic E-state index is 6.27. The summed E-state index contributed by atoms with van der Waals surface area (Å²) < 4.78 is 6.27. The van der Waals surface area contributed by atoms with Gasteiger partial charge in [-0.3, -0.25) is 0 Å². The standard InChI is InChI=1S/C43H29N3O/c1-3-13-28(14-4-1)33-26-25-31(27-37(33)30-15-5-2-6-16-30)41-44-42(34-21-11-18-29-17-7-8-19-32(29)34)46-43(45-41)36-22-12-24-39-40(36)35-20-9-10-23-38(35)47-39/h1-27,41H,(H,44,45,46). The summed E-state index contributed by atoms with van der Waals surface area (Å²) in [5.74, 6) is 1.46. The molecule has 4 nitrogen and oxygen atoms in total. The summed E-state index contributed by atoms with van der Waals surface area (Å²) >= 11 is 0. The lowest BCUT2D eigenvalue weighted by Crippen LogP contribution is -2.33. The second-order valence-corrected chi connectivity index (χ2v) is 11.8. The molecule has 1 N–H and O–H groups in total. The summed E-state index contributed by atoms with van der Waals surface area (Å²) in [4.78, 5) is 10.6. The molecule has 2 heterocycles. The molecule has 0 aliphatic carbocycles. The largest absolute Gasteiger partial charge is 0.456 e. The van der Waals surface area contributed by atoms with Crippen LogP contribution in [0.5, 0.6) is 0 Å². The molecule has 9 rings (SSSR count). The number of benzene rings is 7. The molecule has 222 valence electrons. The lowest BCUT2D eigenvalue weighted by molar-refractivity contribution is 0.668. The van der Waals surface area contributed by atoms with E-state index in [1.165, 1.54) is 11.1 Å². The van der Waals surface area contributed by atoms with Crippen LogP contribution in [0.2, 0.25) is 0 Å². The molecule has 7 aromatic carbocycles. The van der Waals surface area contributed by atoms with Crippen molar-refractivity contribution in [1.82, 2.24) is 5.32 Å². The van der Waals surface area contributed by atoms with E-state index in [2.05, 4.69) is 145 Å². The molecule has 0 spiro atoms. The SMILES string of the molecule is c1ccc(-c2ccc(C3N=C(c4cccc5ccccc45)N=C(c4cccc5oc6ccccc6c45)N3)cc2-c2ccccc2)cc1. The number of hydrogen-bond donors (Lipinski definition) is 1. The summed E-state index contributed by atoms with van der Waals surface area (Å²) in [6.07, 6.45) is -0.378. The Balaban J connectivity index is 1.25. The molecular weight excluding hydrogens is 574 g/mol. The van der Waals surface area contributed by atoms with Gasteiger partial charge in [0.25, 0.3) is 0 Å². The van der Waals surface area contributed by atoms with E-state index in [-0.39, 0.29) is 6.17 Å². The van der Waals surface area contributed by atoms with Gasteiger partial charge >= 0.3 is 0 Å². The van der Waals surface area contributed by atoms with E-state index in [9.17, 15) is 0 Å². The van der Waals surface area contributed by atoms with Crippen molar-refractivity contribution < 1.29 is 4.42 Å². The molecule has 0 saturated heterocycles. The predicted molar refractivity (Wildman–Crippen MR) is 194 cm³/mol. The molecule has 1 aliphatic heterocycles. The van der Waals surface area contributed by atoms with E-state index in [0.717, 1.165) is 66.4 Å². The molecule has 0 saturated carbocycles. The Kier molecular flexibility index (Phi) is 6.50. The van der Waals surface area contributed by atoms with Crippen molar-refractivity contribution in [2.45, 2.75) is 6.17 Å². The monoisotopic (exact) mass is 603 g/mol. The van der Waals surface area contributed by atoms with E-state index < -0.39 is 0 Å². The quantitative estimate of drug-likeness (QED) is 0.213. The van der Waals surface area contributed by atoms with Crippen molar-refractivity contribution in [2.75, 3.05) is 0 Å². The van der Waals surface area contributed by atoms with Gasteiger partial charge in [-0.1, -0.05) is 146 Å². The van der Waals surface area contributed by atoms with Gasteiger partial charge in [-0.25, -0.2) is 9.98 Å². The van der Waals surface area contributed by atoms with Gasteiger partial charge in [0.1, 0.15) is 23.2 Å². The fraction of sp³-hybridized carbons (Fsp3) is 0.0233. The lowest BCUT2D eigenvalue weighted by atomic mass is 9.92. The first kappa shape index (κ1) is 27.1. The van der Waals surface area contributed by atoms with Crippen LogP contribution < -0.4 is 5.32 Å². The minimum atomic E-state index is -0.378. The smallest absolute Gasteiger partial charge is 0.160 e. The Morgan fingerprint density at radius 1 is 0.489 bits per heavy atom. The first-order chi connectivity index (χ1) is 23.3. The van der Waals surface area contributed by atoms with Crippen LogP contribution in [-0.4, -0.2) is 11.7 Å². The van der Waals surface area contributed by atoms with Crippen molar-refractivity contribution >= 4 is 44.4 Å². The third-order valence-electron chi connectivity index (χ3n) is 8.96. The van der Waals surface area contributed by atoms with Crippen LogP contribution >= 0.6 is 0 Å². The summed E-state index contributed by atoms with van der Waals surface area (Å²) in [7, 11) is 0. The van der Waals surface area contributed by atoms with Gasteiger partial charge in [0.2, 0.25) is 0 Å². The molecule has 1 aliphatic rings. The molecule has 1 atom stereocenters. The van der Waals surface area contributed by atoms with Crippen molar-refractivity contribution in [1.29, 1.82) is 0 Å². The molecule has 1 unspecified atom stereocenters. The van der Waals surface area contributed by atoms with Crippen LogP contribution in [0.15, 0.2) is 178 Å². The van der Waals surface area contributed by atoms with Crippen LogP contribution in [0.4, 0.5) is 0 Å². The second-order valence-electron chi connectivity index (χ2n) is 11.8. The van der Waals surface area contributed by atoms with Crippen LogP contribution in [0, 0.1) is 0 Å². The Morgan fingerprint density at radius 3 is 1.96 bits per heavy atom. The number of nitrogens with zero attached hydrogens (tertiary/aromatic N) is 2. The van der Waals surface area contributed by atoms with Gasteiger partial charge in [-0.2, -0.15) is 0 Å². The Bertz CT molecular complexity index is 2490. The molecule has 47 heavy (non-hydrogen) atoms. The van der Waals surface area contributed by atoms with Gasteiger partial charge in [-0.15, -0.1) is 0 Å². The number of furan rings is 1. The minimum Gasteiger partial charge on any atom is -0.456 e. The van der Waals surface area contributed by atoms with Gasteiger partial charge in [0, 0.05) is 21.9 Å². The highest BCUT2D eigenvalue weighted by molar-refractivity contribution is 6.23. The molecule has 0 amide bonds. The number of nitrogens with one attached hydrogen (secondary N) is 1. The molecular formula is C43H29N3O. The summed E-state index contributed by atoms with van der Waals surface area (Å²) in [6.45, 7) is 0. The van der Waals surface area contributed by atoms with Crippen LogP contribution in [-0.2, 0) is 0 Å². The highest BCUT2D eigenvalue weighted by Gasteiger charge is 2.25. The zero-order valence-electron chi connectivity index (χ0n) is 25.5. The van der Waals surface area contributed by atoms with Crippen molar-refractivity contribution in [3.63, 3.8) is 0 Å². The number of aliphatic imine (C=N–C) groups is 2. The average molecular weight is 604 g/mol. The summed E-state index contributed by atoms with van der Waals surface area (Å²) in [5, 5.41) is 8.11. The minimum absolute atomic E-state index is 0.378. The number of hydrogen-bond acceptors (Lipinski definition) is 4. The van der Waals surface area contributed by atoms with Crippen LogP contribution in [0.3, 0.4) is 0 Å². The fourth-order valence-electron chi connectivity index (χ4n) is 6.73. The van der Waals surface area contributed by atoms with E-state index in [1.807, 2.05) is 24.3 Å². The number of fused-ring (bicyclic) bond motifs is 4. The number of para-hydroxylation sites is 1. The Morgan fingerprint density at radius 2 is 1.13 bits per heavy atom. The third-order valence-corrected chi connectivity index (χ3v) is 8.96. The van der Waals surface area contributed by atoms with Crippen LogP contribution in [0.25, 0.3) is 55.0 Å². The Labute approximate surface area is 272 Å². The molecule has 0 radical (unpaired) electrons. The van der Waals surface area contributed by atoms with E-state index in [1.54, 1.807) is 0 Å². The van der Waals surface area contributed by atoms with Crippen molar-refractivity contribution in [3.8, 4) is 22.3 Å². The maximum absolute atomic E-state index is 6.27. The van der Waals surface area contributed by atoms with Gasteiger partial charge in [0.05, 0.1) is 0 Å². The second kappa shape index (κ2) is 11.3. The molecule has 1 aromatic heterocycles. The van der Waals surface area contributed by atoms with Crippen LogP contribution in [0.1, 0.15) is 22.9 Å². The maximum Gasteiger partial charge on any atom is 0.160 e. The van der Waals surface area contributed by atoms with E-state index in [0.29, 0.717) is 5.84 Å². The molecule has 4 heteroatoms.